The highest BCUT2D eigenvalue weighted by molar-refractivity contribution is 7.98. The molecule has 0 aliphatic heterocycles. The molecule has 102 valence electrons. The van der Waals surface area contributed by atoms with Crippen LogP contribution in [0, 0.1) is 6.92 Å². The quantitative estimate of drug-likeness (QED) is 0.838. The Hall–Kier alpha value is -0.480. The molecule has 0 bridgehead atoms. The second-order valence-corrected chi connectivity index (χ2v) is 7.49. The molecule has 0 fully saturated rings. The number of hydrogen-bond donors (Lipinski definition) is 1. The standard InChI is InChI=1S/C15H18ClNS2/c1-10-7-8-14(19-10)15(11(2)17)18-9-12-5-3-4-6-13(12)16/h3-8,11,15H,9,17H2,1-2H3. The summed E-state index contributed by atoms with van der Waals surface area (Å²) in [5, 5.41) is 1.16. The molecule has 19 heavy (non-hydrogen) atoms. The van der Waals surface area contributed by atoms with Gasteiger partial charge < -0.3 is 5.73 Å². The third-order valence-electron chi connectivity index (χ3n) is 2.90. The van der Waals surface area contributed by atoms with E-state index < -0.39 is 0 Å². The number of benzene rings is 1. The molecule has 0 amide bonds. The molecule has 0 aliphatic rings. The molecule has 1 heterocycles. The predicted molar refractivity (Wildman–Crippen MR) is 88.2 cm³/mol. The number of nitrogens with two attached hydrogens (primary N) is 1. The lowest BCUT2D eigenvalue weighted by atomic mass is 10.2. The van der Waals surface area contributed by atoms with E-state index in [0.29, 0.717) is 5.25 Å². The van der Waals surface area contributed by atoms with E-state index in [1.54, 1.807) is 0 Å². The van der Waals surface area contributed by atoms with Gasteiger partial charge in [0.15, 0.2) is 0 Å². The first kappa shape index (κ1) is 14.9. The summed E-state index contributed by atoms with van der Waals surface area (Å²) in [6.45, 7) is 4.20. The highest BCUT2D eigenvalue weighted by Gasteiger charge is 2.18. The van der Waals surface area contributed by atoms with E-state index >= 15 is 0 Å². The molecule has 4 heteroatoms. The van der Waals surface area contributed by atoms with Crippen molar-refractivity contribution < 1.29 is 0 Å². The fourth-order valence-electron chi connectivity index (χ4n) is 1.89. The van der Waals surface area contributed by atoms with E-state index in [-0.39, 0.29) is 6.04 Å². The largest absolute Gasteiger partial charge is 0.327 e. The van der Waals surface area contributed by atoms with Crippen molar-refractivity contribution in [3.63, 3.8) is 0 Å². The fraction of sp³-hybridized carbons (Fsp3) is 0.333. The first-order chi connectivity index (χ1) is 9.08. The average Bonchev–Trinajstić information content (AvgIpc) is 2.78. The van der Waals surface area contributed by atoms with Gasteiger partial charge in [-0.2, -0.15) is 0 Å². The van der Waals surface area contributed by atoms with Gasteiger partial charge in [-0.15, -0.1) is 23.1 Å². The first-order valence-corrected chi connectivity index (χ1v) is 8.49. The van der Waals surface area contributed by atoms with Crippen LogP contribution < -0.4 is 5.73 Å². The van der Waals surface area contributed by atoms with Crippen LogP contribution in [0.5, 0.6) is 0 Å². The van der Waals surface area contributed by atoms with Crippen LogP contribution >= 0.6 is 34.7 Å². The second-order valence-electron chi connectivity index (χ2n) is 4.63. The lowest BCUT2D eigenvalue weighted by Crippen LogP contribution is -2.22. The topological polar surface area (TPSA) is 26.0 Å². The molecule has 0 radical (unpaired) electrons. The highest BCUT2D eigenvalue weighted by atomic mass is 35.5. The maximum absolute atomic E-state index is 6.20. The molecule has 0 saturated heterocycles. The molecule has 2 unspecified atom stereocenters. The van der Waals surface area contributed by atoms with Crippen molar-refractivity contribution in [1.82, 2.24) is 0 Å². The van der Waals surface area contributed by atoms with Crippen LogP contribution in [-0.2, 0) is 5.75 Å². The zero-order valence-corrected chi connectivity index (χ0v) is 13.5. The number of rotatable bonds is 5. The first-order valence-electron chi connectivity index (χ1n) is 6.25. The van der Waals surface area contributed by atoms with Crippen molar-refractivity contribution in [2.24, 2.45) is 5.73 Å². The number of hydrogen-bond acceptors (Lipinski definition) is 3. The summed E-state index contributed by atoms with van der Waals surface area (Å²) in [5.74, 6) is 0.892. The molecule has 0 aliphatic carbocycles. The van der Waals surface area contributed by atoms with Gasteiger partial charge in [0.05, 0.1) is 5.25 Å². The number of halogens is 1. The van der Waals surface area contributed by atoms with Crippen LogP contribution in [0.4, 0.5) is 0 Å². The van der Waals surface area contributed by atoms with E-state index in [4.69, 9.17) is 17.3 Å². The summed E-state index contributed by atoms with van der Waals surface area (Å²) >= 11 is 9.89. The summed E-state index contributed by atoms with van der Waals surface area (Å²) < 4.78 is 0. The molecule has 1 aromatic heterocycles. The van der Waals surface area contributed by atoms with E-state index in [2.05, 4.69) is 32.0 Å². The molecule has 2 rings (SSSR count). The lowest BCUT2D eigenvalue weighted by molar-refractivity contribution is 0.730. The van der Waals surface area contributed by atoms with Gasteiger partial charge in [-0.1, -0.05) is 29.8 Å². The van der Waals surface area contributed by atoms with Crippen molar-refractivity contribution in [2.45, 2.75) is 30.9 Å². The molecular formula is C15H18ClNS2. The van der Waals surface area contributed by atoms with Gasteiger partial charge in [-0.3, -0.25) is 0 Å². The number of thiophene rings is 1. The second kappa shape index (κ2) is 6.80. The van der Waals surface area contributed by atoms with Crippen LogP contribution in [0.3, 0.4) is 0 Å². The van der Waals surface area contributed by atoms with Crippen molar-refractivity contribution in [2.75, 3.05) is 0 Å². The number of aryl methyl sites for hydroxylation is 1. The van der Waals surface area contributed by atoms with Gasteiger partial charge in [-0.25, -0.2) is 0 Å². The van der Waals surface area contributed by atoms with Crippen molar-refractivity contribution in [3.8, 4) is 0 Å². The van der Waals surface area contributed by atoms with Crippen molar-refractivity contribution in [1.29, 1.82) is 0 Å². The van der Waals surface area contributed by atoms with Gasteiger partial charge in [-0.05, 0) is 37.6 Å². The zero-order chi connectivity index (χ0) is 13.8. The molecule has 0 spiro atoms. The maximum atomic E-state index is 6.20. The molecule has 1 nitrogen and oxygen atoms in total. The molecule has 2 N–H and O–H groups in total. The van der Waals surface area contributed by atoms with Gasteiger partial charge in [0.1, 0.15) is 0 Å². The SMILES string of the molecule is Cc1ccc(C(SCc2ccccc2Cl)C(C)N)s1. The smallest absolute Gasteiger partial charge is 0.0542 e. The summed E-state index contributed by atoms with van der Waals surface area (Å²) in [4.78, 5) is 2.68. The monoisotopic (exact) mass is 311 g/mol. The Bertz CT molecular complexity index is 536. The minimum absolute atomic E-state index is 0.130. The molecule has 2 aromatic rings. The highest BCUT2D eigenvalue weighted by Crippen LogP contribution is 2.38. The van der Waals surface area contributed by atoms with E-state index in [1.165, 1.54) is 15.3 Å². The molecular weight excluding hydrogens is 294 g/mol. The Balaban J connectivity index is 2.08. The van der Waals surface area contributed by atoms with Gasteiger partial charge in [0.2, 0.25) is 0 Å². The number of thioether (sulfide) groups is 1. The normalized spacial score (nSPS) is 14.3. The summed E-state index contributed by atoms with van der Waals surface area (Å²) in [5.41, 5.74) is 7.31. The molecule has 0 saturated carbocycles. The lowest BCUT2D eigenvalue weighted by Gasteiger charge is -2.19. The van der Waals surface area contributed by atoms with Crippen LogP contribution in [0.2, 0.25) is 5.02 Å². The molecule has 2 atom stereocenters. The zero-order valence-electron chi connectivity index (χ0n) is 11.1. The third kappa shape index (κ3) is 3.99. The fourth-order valence-corrected chi connectivity index (χ4v) is 4.66. The van der Waals surface area contributed by atoms with E-state index in [1.807, 2.05) is 41.3 Å². The van der Waals surface area contributed by atoms with Crippen molar-refractivity contribution in [3.05, 3.63) is 56.7 Å². The van der Waals surface area contributed by atoms with Gasteiger partial charge in [0, 0.05) is 26.6 Å². The predicted octanol–water partition coefficient (Wildman–Crippen LogP) is 5.03. The van der Waals surface area contributed by atoms with Crippen LogP contribution in [0.1, 0.15) is 27.5 Å². The van der Waals surface area contributed by atoms with Crippen LogP contribution in [0.25, 0.3) is 0 Å². The van der Waals surface area contributed by atoms with Gasteiger partial charge in [0.25, 0.3) is 0 Å². The minimum Gasteiger partial charge on any atom is -0.327 e. The average molecular weight is 312 g/mol. The Morgan fingerprint density at radius 2 is 2.00 bits per heavy atom. The molecule has 1 aromatic carbocycles. The Morgan fingerprint density at radius 3 is 2.58 bits per heavy atom. The van der Waals surface area contributed by atoms with Crippen LogP contribution in [-0.4, -0.2) is 6.04 Å². The van der Waals surface area contributed by atoms with E-state index in [0.717, 1.165) is 10.8 Å². The maximum Gasteiger partial charge on any atom is 0.0542 e. The van der Waals surface area contributed by atoms with Crippen molar-refractivity contribution >= 4 is 34.7 Å². The Kier molecular flexibility index (Phi) is 5.34. The Morgan fingerprint density at radius 1 is 1.26 bits per heavy atom. The summed E-state index contributed by atoms with van der Waals surface area (Å²) in [6, 6.07) is 12.5. The summed E-state index contributed by atoms with van der Waals surface area (Å²) in [7, 11) is 0. The minimum atomic E-state index is 0.130. The van der Waals surface area contributed by atoms with E-state index in [9.17, 15) is 0 Å². The third-order valence-corrected chi connectivity index (χ3v) is 6.02. The summed E-state index contributed by atoms with van der Waals surface area (Å²) in [6.07, 6.45) is 0. The Labute approximate surface area is 128 Å². The van der Waals surface area contributed by atoms with Gasteiger partial charge >= 0.3 is 0 Å². The van der Waals surface area contributed by atoms with Crippen LogP contribution in [0.15, 0.2) is 36.4 Å².